The number of hydrogen-bond acceptors (Lipinski definition) is 4. The summed E-state index contributed by atoms with van der Waals surface area (Å²) >= 11 is 19.3. The maximum Gasteiger partial charge on any atom is 0.141 e. The Bertz CT molecular complexity index is 472. The molecule has 1 aliphatic heterocycles. The minimum Gasteiger partial charge on any atom is -0.234 e. The van der Waals surface area contributed by atoms with Gasteiger partial charge in [-0.05, 0) is 12.1 Å². The van der Waals surface area contributed by atoms with Crippen LogP contribution >= 0.6 is 58.9 Å². The number of allylic oxidation sites excluding steroid dienone is 1. The Hall–Kier alpha value is -0.0000000000000000555. The number of thiocarbonyl (C=S) groups is 1. The van der Waals surface area contributed by atoms with Crippen LogP contribution in [0.1, 0.15) is 0 Å². The van der Waals surface area contributed by atoms with Gasteiger partial charge in [0.05, 0.1) is 15.0 Å². The molecule has 0 radical (unpaired) electrons. The van der Waals surface area contributed by atoms with Gasteiger partial charge in [0.1, 0.15) is 8.70 Å². The van der Waals surface area contributed by atoms with E-state index in [4.69, 9.17) is 35.4 Å². The van der Waals surface area contributed by atoms with Crippen LogP contribution < -0.4 is 0 Å². The molecular formula is C10H5Cl2NS3. The summed E-state index contributed by atoms with van der Waals surface area (Å²) in [6.45, 7) is 0. The Kier molecular flexibility index (Phi) is 4.33. The molecule has 0 unspecified atom stereocenters. The molecule has 0 bridgehead atoms. The minimum atomic E-state index is 0.204. The van der Waals surface area contributed by atoms with Crippen LogP contribution in [-0.4, -0.2) is 8.70 Å². The van der Waals surface area contributed by atoms with Gasteiger partial charge < -0.3 is 0 Å². The monoisotopic (exact) mass is 305 g/mol. The quantitative estimate of drug-likeness (QED) is 0.427. The van der Waals surface area contributed by atoms with Crippen molar-refractivity contribution in [2.24, 2.45) is 4.99 Å². The zero-order valence-electron chi connectivity index (χ0n) is 7.81. The molecule has 0 amide bonds. The van der Waals surface area contributed by atoms with Crippen LogP contribution in [0.3, 0.4) is 0 Å². The summed E-state index contributed by atoms with van der Waals surface area (Å²) in [5, 5.41) is 0.443. The highest BCUT2D eigenvalue weighted by Crippen LogP contribution is 2.50. The molecule has 0 N–H and O–H groups in total. The lowest BCUT2D eigenvalue weighted by molar-refractivity contribution is 1.55. The van der Waals surface area contributed by atoms with E-state index in [1.807, 2.05) is 30.3 Å². The van der Waals surface area contributed by atoms with Gasteiger partial charge in [-0.15, -0.1) is 0 Å². The van der Waals surface area contributed by atoms with E-state index in [-0.39, 0.29) is 4.32 Å². The molecule has 0 aliphatic carbocycles. The van der Waals surface area contributed by atoms with E-state index in [2.05, 4.69) is 4.99 Å². The minimum absolute atomic E-state index is 0.204. The van der Waals surface area contributed by atoms with Gasteiger partial charge in [-0.2, -0.15) is 0 Å². The Balaban J connectivity index is 2.07. The van der Waals surface area contributed by atoms with Crippen molar-refractivity contribution in [1.29, 1.82) is 0 Å². The van der Waals surface area contributed by atoms with Crippen molar-refractivity contribution in [1.82, 2.24) is 0 Å². The van der Waals surface area contributed by atoms with E-state index < -0.39 is 0 Å². The fraction of sp³-hybridized carbons (Fsp3) is 0. The Morgan fingerprint density at radius 1 is 1.12 bits per heavy atom. The standard InChI is InChI=1S/C10H5Cl2NS3/c11-7(8(12)14)9-15-10(16-9)13-6-4-2-1-3-5-6/h1-5H. The van der Waals surface area contributed by atoms with Crippen LogP contribution in [0.15, 0.2) is 44.6 Å². The number of halogens is 2. The lowest BCUT2D eigenvalue weighted by Gasteiger charge is -2.18. The third kappa shape index (κ3) is 3.02. The number of rotatable bonds is 2. The van der Waals surface area contributed by atoms with Crippen molar-refractivity contribution < 1.29 is 0 Å². The molecular weight excluding hydrogens is 301 g/mol. The molecule has 1 fully saturated rings. The molecule has 0 atom stereocenters. The van der Waals surface area contributed by atoms with Crippen LogP contribution in [0.2, 0.25) is 0 Å². The Morgan fingerprint density at radius 3 is 2.31 bits per heavy atom. The van der Waals surface area contributed by atoms with Crippen LogP contribution in [-0.2, 0) is 0 Å². The van der Waals surface area contributed by atoms with Crippen LogP contribution in [0.5, 0.6) is 0 Å². The summed E-state index contributed by atoms with van der Waals surface area (Å²) in [5.74, 6) is 0. The van der Waals surface area contributed by atoms with Crippen molar-refractivity contribution in [2.45, 2.75) is 0 Å². The molecule has 16 heavy (non-hydrogen) atoms. The molecule has 82 valence electrons. The molecule has 0 aromatic heterocycles. The first-order chi connectivity index (χ1) is 7.66. The topological polar surface area (TPSA) is 12.4 Å². The SMILES string of the molecule is S=C(Cl)C(Cl)=C1SC(=Nc2ccccc2)S1. The lowest BCUT2D eigenvalue weighted by atomic mass is 10.3. The van der Waals surface area contributed by atoms with E-state index in [0.29, 0.717) is 5.03 Å². The molecule has 2 rings (SSSR count). The van der Waals surface area contributed by atoms with E-state index in [1.165, 1.54) is 23.5 Å². The van der Waals surface area contributed by atoms with E-state index in [1.54, 1.807) is 0 Å². The molecule has 1 heterocycles. The first-order valence-electron chi connectivity index (χ1n) is 4.26. The molecule has 6 heteroatoms. The van der Waals surface area contributed by atoms with Gasteiger partial charge in [-0.25, -0.2) is 4.99 Å². The number of aliphatic imine (C=N–C) groups is 1. The fourth-order valence-electron chi connectivity index (χ4n) is 0.990. The third-order valence-electron chi connectivity index (χ3n) is 1.69. The van der Waals surface area contributed by atoms with Crippen molar-refractivity contribution in [3.63, 3.8) is 0 Å². The Morgan fingerprint density at radius 2 is 1.75 bits per heavy atom. The van der Waals surface area contributed by atoms with Gasteiger partial charge in [0.2, 0.25) is 0 Å². The maximum absolute atomic E-state index is 5.90. The van der Waals surface area contributed by atoms with Gasteiger partial charge in [0.25, 0.3) is 0 Å². The highest BCUT2D eigenvalue weighted by Gasteiger charge is 2.24. The average molecular weight is 306 g/mol. The molecule has 0 saturated carbocycles. The van der Waals surface area contributed by atoms with Crippen LogP contribution in [0.4, 0.5) is 5.69 Å². The van der Waals surface area contributed by atoms with Crippen molar-refractivity contribution >= 4 is 73.3 Å². The summed E-state index contributed by atoms with van der Waals surface area (Å²) in [6, 6.07) is 9.75. The number of thioether (sulfide) groups is 2. The summed E-state index contributed by atoms with van der Waals surface area (Å²) < 4.78 is 2.07. The van der Waals surface area contributed by atoms with Gasteiger partial charge >= 0.3 is 0 Å². The van der Waals surface area contributed by atoms with Crippen molar-refractivity contribution in [3.05, 3.63) is 39.6 Å². The highest BCUT2D eigenvalue weighted by atomic mass is 35.5. The molecule has 1 aliphatic rings. The molecule has 1 aromatic rings. The number of benzene rings is 1. The van der Waals surface area contributed by atoms with E-state index in [0.717, 1.165) is 14.3 Å². The van der Waals surface area contributed by atoms with Crippen molar-refractivity contribution in [3.8, 4) is 0 Å². The normalized spacial score (nSPS) is 14.4. The second-order valence-corrected chi connectivity index (χ2v) is 6.70. The van der Waals surface area contributed by atoms with Gasteiger partial charge in [0, 0.05) is 0 Å². The highest BCUT2D eigenvalue weighted by molar-refractivity contribution is 8.57. The smallest absolute Gasteiger partial charge is 0.141 e. The lowest BCUT2D eigenvalue weighted by Crippen LogP contribution is -2.00. The van der Waals surface area contributed by atoms with Crippen molar-refractivity contribution in [2.75, 3.05) is 0 Å². The zero-order chi connectivity index (χ0) is 11.5. The summed E-state index contributed by atoms with van der Waals surface area (Å²) in [5.41, 5.74) is 0.932. The molecule has 1 saturated heterocycles. The number of hydrogen-bond donors (Lipinski definition) is 0. The van der Waals surface area contributed by atoms with E-state index in [9.17, 15) is 0 Å². The van der Waals surface area contributed by atoms with Crippen LogP contribution in [0, 0.1) is 0 Å². The zero-order valence-corrected chi connectivity index (χ0v) is 11.8. The maximum atomic E-state index is 5.90. The van der Waals surface area contributed by atoms with Gasteiger partial charge in [0.15, 0.2) is 0 Å². The van der Waals surface area contributed by atoms with Crippen LogP contribution in [0.25, 0.3) is 0 Å². The molecule has 1 aromatic carbocycles. The first-order valence-corrected chi connectivity index (χ1v) is 7.05. The summed E-state index contributed by atoms with van der Waals surface area (Å²) in [7, 11) is 0. The molecule has 0 spiro atoms. The second kappa shape index (κ2) is 5.56. The van der Waals surface area contributed by atoms with E-state index >= 15 is 0 Å². The second-order valence-electron chi connectivity index (χ2n) is 2.79. The third-order valence-corrected chi connectivity index (χ3v) is 5.20. The predicted octanol–water partition coefficient (Wildman–Crippen LogP) is 5.13. The molecule has 1 nitrogen and oxygen atoms in total. The van der Waals surface area contributed by atoms with Gasteiger partial charge in [-0.1, -0.05) is 77.1 Å². The first kappa shape index (κ1) is 12.5. The summed E-state index contributed by atoms with van der Waals surface area (Å²) in [6.07, 6.45) is 0. The largest absolute Gasteiger partial charge is 0.234 e. The fourth-order valence-corrected chi connectivity index (χ4v) is 3.40. The number of para-hydroxylation sites is 1. The van der Waals surface area contributed by atoms with Gasteiger partial charge in [-0.3, -0.25) is 0 Å². The summed E-state index contributed by atoms with van der Waals surface area (Å²) in [4.78, 5) is 4.42. The number of nitrogens with zero attached hydrogens (tertiary/aromatic N) is 1. The average Bonchev–Trinajstić information content (AvgIpc) is 2.23. The Labute approximate surface area is 117 Å². The predicted molar refractivity (Wildman–Crippen MR) is 80.0 cm³/mol.